The minimum Gasteiger partial charge on any atom is -0.438 e. The van der Waals surface area contributed by atoms with Gasteiger partial charge in [0.05, 0.1) is 5.69 Å². The number of rotatable bonds is 5. The predicted molar refractivity (Wildman–Crippen MR) is 90.5 cm³/mol. The van der Waals surface area contributed by atoms with Gasteiger partial charge in [-0.1, -0.05) is 12.5 Å². The van der Waals surface area contributed by atoms with E-state index in [4.69, 9.17) is 8.83 Å². The Morgan fingerprint density at radius 2 is 1.96 bits per heavy atom. The molecular formula is C17H16FN3O4S. The second-order valence-electron chi connectivity index (χ2n) is 6.26. The zero-order valence-electron chi connectivity index (χ0n) is 13.9. The van der Waals surface area contributed by atoms with Gasteiger partial charge in [0.1, 0.15) is 5.82 Å². The molecule has 2 heterocycles. The monoisotopic (exact) mass is 377 g/mol. The van der Waals surface area contributed by atoms with Crippen LogP contribution in [0.5, 0.6) is 0 Å². The van der Waals surface area contributed by atoms with Crippen molar-refractivity contribution in [1.29, 1.82) is 0 Å². The normalized spacial score (nSPS) is 15.0. The van der Waals surface area contributed by atoms with Crippen LogP contribution in [0.15, 0.2) is 44.3 Å². The average molecular weight is 377 g/mol. The lowest BCUT2D eigenvalue weighted by molar-refractivity contribution is 0.334. The van der Waals surface area contributed by atoms with Gasteiger partial charge in [-0.15, -0.1) is 10.2 Å². The van der Waals surface area contributed by atoms with E-state index in [1.54, 1.807) is 6.92 Å². The molecule has 1 aliphatic carbocycles. The van der Waals surface area contributed by atoms with Crippen LogP contribution >= 0.6 is 0 Å². The van der Waals surface area contributed by atoms with Crippen molar-refractivity contribution < 1.29 is 21.6 Å². The summed E-state index contributed by atoms with van der Waals surface area (Å²) in [5.74, 6) is 0.574. The molecule has 0 aliphatic heterocycles. The van der Waals surface area contributed by atoms with E-state index < -0.39 is 15.8 Å². The fourth-order valence-electron chi connectivity index (χ4n) is 2.63. The summed E-state index contributed by atoms with van der Waals surface area (Å²) < 4.78 is 51.6. The summed E-state index contributed by atoms with van der Waals surface area (Å²) in [6.45, 7) is 1.67. The highest BCUT2D eigenvalue weighted by molar-refractivity contribution is 7.92. The second kappa shape index (κ2) is 6.24. The van der Waals surface area contributed by atoms with Crippen molar-refractivity contribution >= 4 is 15.7 Å². The summed E-state index contributed by atoms with van der Waals surface area (Å²) in [7, 11) is -4.02. The molecule has 1 saturated carbocycles. The number of hydrogen-bond acceptors (Lipinski definition) is 6. The minimum atomic E-state index is -4.02. The van der Waals surface area contributed by atoms with Crippen LogP contribution in [-0.2, 0) is 10.0 Å². The summed E-state index contributed by atoms with van der Waals surface area (Å²) in [6.07, 6.45) is 3.16. The highest BCUT2D eigenvalue weighted by Crippen LogP contribution is 2.36. The molecular weight excluding hydrogens is 361 g/mol. The molecule has 0 radical (unpaired) electrons. The van der Waals surface area contributed by atoms with Crippen LogP contribution in [0.3, 0.4) is 0 Å². The van der Waals surface area contributed by atoms with Crippen molar-refractivity contribution in [2.75, 3.05) is 4.72 Å². The number of nitrogens with one attached hydrogen (secondary N) is 1. The number of nitrogens with zero attached hydrogens (tertiary/aromatic N) is 2. The van der Waals surface area contributed by atoms with Gasteiger partial charge in [0.25, 0.3) is 15.9 Å². The Hall–Kier alpha value is -2.68. The molecule has 0 unspecified atom stereocenters. The Bertz CT molecular complexity index is 1050. The van der Waals surface area contributed by atoms with Gasteiger partial charge in [-0.2, -0.15) is 8.42 Å². The van der Waals surface area contributed by atoms with Crippen molar-refractivity contribution in [3.05, 3.63) is 47.6 Å². The largest absolute Gasteiger partial charge is 0.438 e. The molecule has 1 N–H and O–H groups in total. The summed E-state index contributed by atoms with van der Waals surface area (Å²) >= 11 is 0. The Labute approximate surface area is 149 Å². The number of furan rings is 1. The Morgan fingerprint density at radius 3 is 2.69 bits per heavy atom. The number of halogens is 1. The van der Waals surface area contributed by atoms with E-state index in [-0.39, 0.29) is 28.3 Å². The van der Waals surface area contributed by atoms with Crippen molar-refractivity contribution in [2.45, 2.75) is 37.2 Å². The number of aromatic nitrogens is 2. The number of anilines is 1. The Kier molecular flexibility index (Phi) is 4.03. The molecule has 9 heteroatoms. The number of sulfonamides is 1. The zero-order valence-corrected chi connectivity index (χ0v) is 14.7. The SMILES string of the molecule is Cc1ccc(F)cc1NS(=O)(=O)c1ccc(-c2nnc(C3CCC3)o2)o1. The molecule has 7 nitrogen and oxygen atoms in total. The van der Waals surface area contributed by atoms with Crippen molar-refractivity contribution in [1.82, 2.24) is 10.2 Å². The van der Waals surface area contributed by atoms with E-state index in [9.17, 15) is 12.8 Å². The topological polar surface area (TPSA) is 98.2 Å². The summed E-state index contributed by atoms with van der Waals surface area (Å²) in [5.41, 5.74) is 0.733. The maximum atomic E-state index is 13.4. The van der Waals surface area contributed by atoms with E-state index in [0.717, 1.165) is 25.3 Å². The van der Waals surface area contributed by atoms with Gasteiger partial charge >= 0.3 is 0 Å². The lowest BCUT2D eigenvalue weighted by Gasteiger charge is -2.20. The van der Waals surface area contributed by atoms with Gasteiger partial charge in [0.15, 0.2) is 5.76 Å². The molecule has 0 amide bonds. The van der Waals surface area contributed by atoms with Gasteiger partial charge in [-0.25, -0.2) is 4.39 Å². The van der Waals surface area contributed by atoms with E-state index in [0.29, 0.717) is 11.5 Å². The molecule has 0 bridgehead atoms. The molecule has 3 aromatic rings. The Balaban J connectivity index is 1.58. The third-order valence-electron chi connectivity index (χ3n) is 4.40. The van der Waals surface area contributed by atoms with Crippen molar-refractivity contribution in [3.63, 3.8) is 0 Å². The van der Waals surface area contributed by atoms with Gasteiger partial charge in [-0.05, 0) is 49.6 Å². The first-order valence-electron chi connectivity index (χ1n) is 8.15. The standard InChI is InChI=1S/C17H16FN3O4S/c1-10-5-6-12(18)9-13(10)21-26(22,23)15-8-7-14(24-15)17-20-19-16(25-17)11-3-2-4-11/h5-9,11,21H,2-4H2,1H3. The molecule has 1 aromatic carbocycles. The van der Waals surface area contributed by atoms with Crippen LogP contribution in [0, 0.1) is 12.7 Å². The minimum absolute atomic E-state index is 0.135. The molecule has 4 rings (SSSR count). The third kappa shape index (κ3) is 3.10. The van der Waals surface area contributed by atoms with E-state index in [1.165, 1.54) is 24.3 Å². The maximum absolute atomic E-state index is 13.4. The summed E-state index contributed by atoms with van der Waals surface area (Å²) in [6, 6.07) is 6.60. The molecule has 1 fully saturated rings. The molecule has 1 aliphatic rings. The van der Waals surface area contributed by atoms with Crippen LogP contribution in [0.2, 0.25) is 0 Å². The van der Waals surface area contributed by atoms with Gasteiger partial charge in [-0.3, -0.25) is 4.72 Å². The molecule has 26 heavy (non-hydrogen) atoms. The second-order valence-corrected chi connectivity index (χ2v) is 7.87. The highest BCUT2D eigenvalue weighted by Gasteiger charge is 2.27. The molecule has 0 spiro atoms. The van der Waals surface area contributed by atoms with E-state index in [2.05, 4.69) is 14.9 Å². The molecule has 2 aromatic heterocycles. The number of hydrogen-bond donors (Lipinski definition) is 1. The first kappa shape index (κ1) is 16.8. The van der Waals surface area contributed by atoms with Crippen LogP contribution in [0.25, 0.3) is 11.7 Å². The van der Waals surface area contributed by atoms with Crippen LogP contribution in [0.4, 0.5) is 10.1 Å². The van der Waals surface area contributed by atoms with Crippen LogP contribution < -0.4 is 4.72 Å². The van der Waals surface area contributed by atoms with Crippen LogP contribution in [-0.4, -0.2) is 18.6 Å². The average Bonchev–Trinajstić information content (AvgIpc) is 3.18. The predicted octanol–water partition coefficient (Wildman–Crippen LogP) is 3.85. The van der Waals surface area contributed by atoms with E-state index in [1.807, 2.05) is 0 Å². The zero-order chi connectivity index (χ0) is 18.3. The van der Waals surface area contributed by atoms with Crippen molar-refractivity contribution in [2.24, 2.45) is 0 Å². The first-order valence-corrected chi connectivity index (χ1v) is 9.63. The van der Waals surface area contributed by atoms with Gasteiger partial charge in [0, 0.05) is 5.92 Å². The highest BCUT2D eigenvalue weighted by atomic mass is 32.2. The molecule has 0 saturated heterocycles. The fourth-order valence-corrected chi connectivity index (χ4v) is 3.69. The van der Waals surface area contributed by atoms with E-state index >= 15 is 0 Å². The quantitative estimate of drug-likeness (QED) is 0.725. The van der Waals surface area contributed by atoms with Crippen molar-refractivity contribution in [3.8, 4) is 11.7 Å². The van der Waals surface area contributed by atoms with Crippen LogP contribution in [0.1, 0.15) is 36.6 Å². The Morgan fingerprint density at radius 1 is 1.15 bits per heavy atom. The maximum Gasteiger partial charge on any atom is 0.295 e. The number of benzene rings is 1. The smallest absolute Gasteiger partial charge is 0.295 e. The lowest BCUT2D eigenvalue weighted by atomic mass is 9.85. The third-order valence-corrected chi connectivity index (χ3v) is 5.63. The summed E-state index contributed by atoms with van der Waals surface area (Å²) in [4.78, 5) is 0. The molecule has 0 atom stereocenters. The molecule has 136 valence electrons. The number of aryl methyl sites for hydroxylation is 1. The summed E-state index contributed by atoms with van der Waals surface area (Å²) in [5, 5.41) is 7.59. The fraction of sp³-hybridized carbons (Fsp3) is 0.294. The first-order chi connectivity index (χ1) is 12.4. The lowest BCUT2D eigenvalue weighted by Crippen LogP contribution is -2.13. The van der Waals surface area contributed by atoms with Gasteiger partial charge in [0.2, 0.25) is 11.0 Å². The van der Waals surface area contributed by atoms with Gasteiger partial charge < -0.3 is 8.83 Å².